The third-order valence-electron chi connectivity index (χ3n) is 5.87. The highest BCUT2D eigenvalue weighted by atomic mass is 16.6. The largest absolute Gasteiger partial charge is 0.497 e. The summed E-state index contributed by atoms with van der Waals surface area (Å²) in [5.41, 5.74) is 6.49. The first kappa shape index (κ1) is 18.8. The van der Waals surface area contributed by atoms with Crippen LogP contribution >= 0.6 is 0 Å². The predicted octanol–water partition coefficient (Wildman–Crippen LogP) is 4.22. The van der Waals surface area contributed by atoms with E-state index in [2.05, 4.69) is 52.4 Å². The molecule has 30 heavy (non-hydrogen) atoms. The van der Waals surface area contributed by atoms with Crippen molar-refractivity contribution in [1.82, 2.24) is 25.4 Å². The molecule has 2 aromatic carbocycles. The Hall–Kier alpha value is -3.19. The summed E-state index contributed by atoms with van der Waals surface area (Å²) in [6, 6.07) is 14.3. The number of ether oxygens (including phenoxy) is 1. The number of nitrogens with zero attached hydrogens (tertiary/aromatic N) is 4. The number of hydrogen-bond acceptors (Lipinski definition) is 6. The van der Waals surface area contributed by atoms with Crippen LogP contribution in [0, 0.1) is 5.41 Å². The fraction of sp³-hybridized carbons (Fsp3) is 0.348. The molecule has 1 aliphatic rings. The van der Waals surface area contributed by atoms with Crippen LogP contribution in [0.1, 0.15) is 43.1 Å². The molecule has 0 amide bonds. The summed E-state index contributed by atoms with van der Waals surface area (Å²) in [4.78, 5) is 0. The van der Waals surface area contributed by atoms with Crippen molar-refractivity contribution in [1.29, 1.82) is 0 Å². The van der Waals surface area contributed by atoms with Gasteiger partial charge in [-0.05, 0) is 70.5 Å². The summed E-state index contributed by atoms with van der Waals surface area (Å²) in [5.74, 6) is 0.846. The number of hydrogen-bond donors (Lipinski definition) is 1. The fourth-order valence-electron chi connectivity index (χ4n) is 4.35. The molecule has 154 valence electrons. The van der Waals surface area contributed by atoms with E-state index in [0.29, 0.717) is 0 Å². The van der Waals surface area contributed by atoms with E-state index in [9.17, 15) is 0 Å². The molecule has 1 N–H and O–H groups in total. The van der Waals surface area contributed by atoms with Gasteiger partial charge in [0, 0.05) is 23.8 Å². The van der Waals surface area contributed by atoms with E-state index < -0.39 is 0 Å². The topological polar surface area (TPSA) is 78.0 Å². The zero-order chi connectivity index (χ0) is 20.7. The van der Waals surface area contributed by atoms with Gasteiger partial charge in [0.05, 0.1) is 19.0 Å². The predicted molar refractivity (Wildman–Crippen MR) is 114 cm³/mol. The van der Waals surface area contributed by atoms with Crippen LogP contribution in [0.3, 0.4) is 0 Å². The molecule has 7 nitrogen and oxygen atoms in total. The van der Waals surface area contributed by atoms with Gasteiger partial charge in [0.25, 0.3) is 0 Å². The number of aromatic nitrogens is 4. The van der Waals surface area contributed by atoms with Crippen molar-refractivity contribution < 1.29 is 9.37 Å². The monoisotopic (exact) mass is 403 g/mol. The minimum absolute atomic E-state index is 0.176. The molecule has 1 atom stereocenters. The molecule has 0 aliphatic heterocycles. The lowest BCUT2D eigenvalue weighted by molar-refractivity contribution is 0.253. The molecule has 2 aromatic heterocycles. The lowest BCUT2D eigenvalue weighted by atomic mass is 9.74. The van der Waals surface area contributed by atoms with E-state index in [-0.39, 0.29) is 11.5 Å². The van der Waals surface area contributed by atoms with Crippen LogP contribution < -0.4 is 10.1 Å². The Labute approximate surface area is 175 Å². The standard InChI is InChI=1S/C23H25N5O2/c1-23(2)11-21(24-13-15-4-9-19-20(10-15)27-30-26-19)18-14-25-28(22(18)12-23)16-5-7-17(29-3)8-6-16/h4-10,14,21,24H,11-13H2,1-3H3. The van der Waals surface area contributed by atoms with Gasteiger partial charge in [-0.2, -0.15) is 5.10 Å². The maximum absolute atomic E-state index is 5.29. The Bertz CT molecular complexity index is 1180. The molecular formula is C23H25N5O2. The number of methoxy groups -OCH3 is 1. The van der Waals surface area contributed by atoms with Gasteiger partial charge in [0.2, 0.25) is 0 Å². The van der Waals surface area contributed by atoms with Crippen molar-refractivity contribution in [2.75, 3.05) is 7.11 Å². The zero-order valence-corrected chi connectivity index (χ0v) is 17.4. The van der Waals surface area contributed by atoms with Gasteiger partial charge < -0.3 is 10.1 Å². The molecule has 0 bridgehead atoms. The Morgan fingerprint density at radius 3 is 2.73 bits per heavy atom. The summed E-state index contributed by atoms with van der Waals surface area (Å²) in [6.07, 6.45) is 4.06. The quantitative estimate of drug-likeness (QED) is 0.538. The van der Waals surface area contributed by atoms with Crippen molar-refractivity contribution >= 4 is 11.0 Å². The first-order valence-corrected chi connectivity index (χ1v) is 10.2. The van der Waals surface area contributed by atoms with Gasteiger partial charge in [0.1, 0.15) is 16.8 Å². The maximum Gasteiger partial charge on any atom is 0.135 e. The van der Waals surface area contributed by atoms with Crippen molar-refractivity contribution in [3.05, 3.63) is 65.5 Å². The van der Waals surface area contributed by atoms with Crippen LogP contribution in [0.15, 0.2) is 53.3 Å². The summed E-state index contributed by atoms with van der Waals surface area (Å²) < 4.78 is 12.2. The third-order valence-corrected chi connectivity index (χ3v) is 5.87. The fourth-order valence-corrected chi connectivity index (χ4v) is 4.35. The zero-order valence-electron chi connectivity index (χ0n) is 17.4. The summed E-state index contributed by atoms with van der Waals surface area (Å²) in [5, 5.41) is 16.3. The van der Waals surface area contributed by atoms with E-state index in [1.165, 1.54) is 11.3 Å². The minimum atomic E-state index is 0.176. The van der Waals surface area contributed by atoms with Crippen molar-refractivity contribution in [3.63, 3.8) is 0 Å². The summed E-state index contributed by atoms with van der Waals surface area (Å²) in [6.45, 7) is 5.39. The molecule has 0 radical (unpaired) electrons. The second-order valence-corrected chi connectivity index (χ2v) is 8.72. The SMILES string of the molecule is COc1ccc(-n2ncc3c2CC(C)(C)CC3NCc2ccc3nonc3c2)cc1. The molecule has 0 saturated heterocycles. The first-order chi connectivity index (χ1) is 14.5. The van der Waals surface area contributed by atoms with Crippen LogP contribution in [-0.4, -0.2) is 27.2 Å². The second-order valence-electron chi connectivity index (χ2n) is 8.72. The van der Waals surface area contributed by atoms with Crippen LogP contribution in [0.4, 0.5) is 0 Å². The van der Waals surface area contributed by atoms with Gasteiger partial charge in [-0.3, -0.25) is 0 Å². The Balaban J connectivity index is 1.42. The Morgan fingerprint density at radius 2 is 1.93 bits per heavy atom. The third kappa shape index (κ3) is 3.45. The highest BCUT2D eigenvalue weighted by Crippen LogP contribution is 2.41. The number of fused-ring (bicyclic) bond motifs is 2. The van der Waals surface area contributed by atoms with Crippen LogP contribution in [-0.2, 0) is 13.0 Å². The molecule has 0 fully saturated rings. The first-order valence-electron chi connectivity index (χ1n) is 10.2. The molecule has 1 aliphatic carbocycles. The van der Waals surface area contributed by atoms with Gasteiger partial charge in [0.15, 0.2) is 0 Å². The van der Waals surface area contributed by atoms with Crippen molar-refractivity contribution in [2.45, 2.75) is 39.3 Å². The molecule has 4 aromatic rings. The Morgan fingerprint density at radius 1 is 1.13 bits per heavy atom. The van der Waals surface area contributed by atoms with Gasteiger partial charge in [-0.1, -0.05) is 19.9 Å². The number of nitrogens with one attached hydrogen (secondary N) is 1. The van der Waals surface area contributed by atoms with Gasteiger partial charge in [-0.15, -0.1) is 0 Å². The molecule has 7 heteroatoms. The molecule has 2 heterocycles. The number of rotatable bonds is 5. The number of benzene rings is 2. The highest BCUT2D eigenvalue weighted by Gasteiger charge is 2.35. The van der Waals surface area contributed by atoms with E-state index in [0.717, 1.165) is 47.4 Å². The van der Waals surface area contributed by atoms with Gasteiger partial charge in [-0.25, -0.2) is 9.31 Å². The van der Waals surface area contributed by atoms with Gasteiger partial charge >= 0.3 is 0 Å². The average Bonchev–Trinajstić information content (AvgIpc) is 3.37. The molecule has 1 unspecified atom stereocenters. The molecule has 5 rings (SSSR count). The minimum Gasteiger partial charge on any atom is -0.497 e. The molecule has 0 saturated carbocycles. The van der Waals surface area contributed by atoms with Crippen molar-refractivity contribution in [3.8, 4) is 11.4 Å². The van der Waals surface area contributed by atoms with Crippen LogP contribution in [0.5, 0.6) is 5.75 Å². The van der Waals surface area contributed by atoms with Crippen LogP contribution in [0.25, 0.3) is 16.7 Å². The Kier molecular flexibility index (Phi) is 4.55. The summed E-state index contributed by atoms with van der Waals surface area (Å²) in [7, 11) is 1.68. The summed E-state index contributed by atoms with van der Waals surface area (Å²) >= 11 is 0. The maximum atomic E-state index is 5.29. The molecular weight excluding hydrogens is 378 g/mol. The highest BCUT2D eigenvalue weighted by molar-refractivity contribution is 5.73. The van der Waals surface area contributed by atoms with E-state index in [1.54, 1.807) is 7.11 Å². The average molecular weight is 403 g/mol. The van der Waals surface area contributed by atoms with Crippen molar-refractivity contribution in [2.24, 2.45) is 5.41 Å². The van der Waals surface area contributed by atoms with E-state index in [4.69, 9.17) is 14.5 Å². The normalized spacial score (nSPS) is 17.8. The van der Waals surface area contributed by atoms with E-state index in [1.807, 2.05) is 30.5 Å². The lowest BCUT2D eigenvalue weighted by Crippen LogP contribution is -2.33. The molecule has 0 spiro atoms. The second kappa shape index (κ2) is 7.25. The smallest absolute Gasteiger partial charge is 0.135 e. The van der Waals surface area contributed by atoms with E-state index >= 15 is 0 Å². The van der Waals surface area contributed by atoms with Crippen LogP contribution in [0.2, 0.25) is 0 Å². The lowest BCUT2D eigenvalue weighted by Gasteiger charge is -2.36.